The van der Waals surface area contributed by atoms with E-state index in [0.29, 0.717) is 31.4 Å². The number of benzene rings is 2. The molecule has 2 rings (SSSR count). The lowest BCUT2D eigenvalue weighted by atomic mass is 10.2. The lowest BCUT2D eigenvalue weighted by molar-refractivity contribution is -0.119. The smallest absolute Gasteiger partial charge is 0.255 e. The zero-order chi connectivity index (χ0) is 18.6. The summed E-state index contributed by atoms with van der Waals surface area (Å²) in [7, 11) is 1.71. The third-order valence-corrected chi connectivity index (χ3v) is 3.37. The summed E-state index contributed by atoms with van der Waals surface area (Å²) in [6.45, 7) is 1.58. The van der Waals surface area contributed by atoms with Gasteiger partial charge in [0.15, 0.2) is 12.6 Å². The molecule has 2 aromatic rings. The van der Waals surface area contributed by atoms with Crippen molar-refractivity contribution in [3.05, 3.63) is 60.2 Å². The van der Waals surface area contributed by atoms with Crippen molar-refractivity contribution < 1.29 is 14.3 Å². The van der Waals surface area contributed by atoms with Gasteiger partial charge in [-0.25, -0.2) is 0 Å². The highest BCUT2D eigenvalue weighted by molar-refractivity contribution is 5.79. The molecule has 0 saturated carbocycles. The lowest BCUT2D eigenvalue weighted by Gasteiger charge is -2.13. The standard InChI is InChI=1S/C19H24N4O3/c1-21-19(22-10-11-25-16-7-3-2-4-8-16)23-13-15-6-5-9-17(12-15)26-14-18(20)24/h2-9,12H,10-11,13-14H2,1H3,(H2,20,24)(H2,21,22,23). The van der Waals surface area contributed by atoms with Crippen molar-refractivity contribution in [2.75, 3.05) is 26.8 Å². The Balaban J connectivity index is 1.72. The molecule has 26 heavy (non-hydrogen) atoms. The van der Waals surface area contributed by atoms with Crippen LogP contribution < -0.4 is 25.8 Å². The number of primary amides is 1. The number of nitrogens with two attached hydrogens (primary N) is 1. The number of amides is 1. The van der Waals surface area contributed by atoms with Crippen LogP contribution in [0, 0.1) is 0 Å². The van der Waals surface area contributed by atoms with E-state index in [1.54, 1.807) is 13.1 Å². The number of nitrogens with zero attached hydrogens (tertiary/aromatic N) is 1. The highest BCUT2D eigenvalue weighted by atomic mass is 16.5. The van der Waals surface area contributed by atoms with E-state index in [4.69, 9.17) is 15.2 Å². The van der Waals surface area contributed by atoms with Crippen LogP contribution in [-0.2, 0) is 11.3 Å². The predicted molar refractivity (Wildman–Crippen MR) is 101 cm³/mol. The number of aliphatic imine (C=N–C) groups is 1. The maximum Gasteiger partial charge on any atom is 0.255 e. The maximum atomic E-state index is 10.8. The Hall–Kier alpha value is -3.22. The molecule has 7 nitrogen and oxygen atoms in total. The van der Waals surface area contributed by atoms with Crippen LogP contribution in [0.5, 0.6) is 11.5 Å². The number of guanidine groups is 1. The van der Waals surface area contributed by atoms with Gasteiger partial charge in [-0.3, -0.25) is 9.79 Å². The fourth-order valence-corrected chi connectivity index (χ4v) is 2.16. The van der Waals surface area contributed by atoms with Gasteiger partial charge in [0.1, 0.15) is 18.1 Å². The first-order valence-electron chi connectivity index (χ1n) is 8.30. The summed E-state index contributed by atoms with van der Waals surface area (Å²) in [5, 5.41) is 6.40. The van der Waals surface area contributed by atoms with Crippen LogP contribution >= 0.6 is 0 Å². The Kier molecular flexibility index (Phi) is 7.79. The number of hydrogen-bond acceptors (Lipinski definition) is 4. The first-order chi connectivity index (χ1) is 12.7. The number of para-hydroxylation sites is 1. The fraction of sp³-hybridized carbons (Fsp3) is 0.263. The van der Waals surface area contributed by atoms with Gasteiger partial charge < -0.3 is 25.8 Å². The van der Waals surface area contributed by atoms with Crippen molar-refractivity contribution >= 4 is 11.9 Å². The lowest BCUT2D eigenvalue weighted by Crippen LogP contribution is -2.38. The van der Waals surface area contributed by atoms with Gasteiger partial charge in [0.05, 0.1) is 6.54 Å². The van der Waals surface area contributed by atoms with E-state index in [1.807, 2.05) is 48.5 Å². The molecule has 2 aromatic carbocycles. The van der Waals surface area contributed by atoms with Crippen LogP contribution in [0.1, 0.15) is 5.56 Å². The minimum atomic E-state index is -0.504. The quantitative estimate of drug-likeness (QED) is 0.357. The molecule has 0 fully saturated rings. The third-order valence-electron chi connectivity index (χ3n) is 3.37. The van der Waals surface area contributed by atoms with E-state index in [2.05, 4.69) is 15.6 Å². The van der Waals surface area contributed by atoms with E-state index in [0.717, 1.165) is 11.3 Å². The van der Waals surface area contributed by atoms with Crippen LogP contribution in [0.15, 0.2) is 59.6 Å². The monoisotopic (exact) mass is 356 g/mol. The molecule has 4 N–H and O–H groups in total. The molecule has 0 aliphatic carbocycles. The molecular weight excluding hydrogens is 332 g/mol. The number of nitrogens with one attached hydrogen (secondary N) is 2. The van der Waals surface area contributed by atoms with Gasteiger partial charge in [-0.1, -0.05) is 30.3 Å². The summed E-state index contributed by atoms with van der Waals surface area (Å²) in [5.41, 5.74) is 6.08. The SMILES string of the molecule is CN=C(NCCOc1ccccc1)NCc1cccc(OCC(N)=O)c1. The molecular formula is C19H24N4O3. The Labute approximate surface area is 153 Å². The van der Waals surface area contributed by atoms with Crippen molar-refractivity contribution in [2.45, 2.75) is 6.54 Å². The second-order valence-corrected chi connectivity index (χ2v) is 5.42. The summed E-state index contributed by atoms with van der Waals surface area (Å²) in [5.74, 6) is 1.60. The molecule has 0 heterocycles. The van der Waals surface area contributed by atoms with Gasteiger partial charge >= 0.3 is 0 Å². The summed E-state index contributed by atoms with van der Waals surface area (Å²) >= 11 is 0. The van der Waals surface area contributed by atoms with E-state index >= 15 is 0 Å². The molecule has 0 aliphatic rings. The Bertz CT molecular complexity index is 720. The van der Waals surface area contributed by atoms with E-state index < -0.39 is 5.91 Å². The number of hydrogen-bond donors (Lipinski definition) is 3. The number of ether oxygens (including phenoxy) is 2. The zero-order valence-corrected chi connectivity index (χ0v) is 14.8. The molecule has 0 aromatic heterocycles. The minimum absolute atomic E-state index is 0.137. The van der Waals surface area contributed by atoms with Crippen LogP contribution in [0.2, 0.25) is 0 Å². The molecule has 0 bridgehead atoms. The van der Waals surface area contributed by atoms with Crippen molar-refractivity contribution in [1.29, 1.82) is 0 Å². The molecule has 0 radical (unpaired) electrons. The van der Waals surface area contributed by atoms with Crippen molar-refractivity contribution in [1.82, 2.24) is 10.6 Å². The highest BCUT2D eigenvalue weighted by Gasteiger charge is 2.02. The van der Waals surface area contributed by atoms with Crippen molar-refractivity contribution in [3.8, 4) is 11.5 Å². The molecule has 138 valence electrons. The van der Waals surface area contributed by atoms with Crippen molar-refractivity contribution in [3.63, 3.8) is 0 Å². The van der Waals surface area contributed by atoms with Crippen LogP contribution in [-0.4, -0.2) is 38.7 Å². The van der Waals surface area contributed by atoms with Gasteiger partial charge in [0.25, 0.3) is 5.91 Å². The normalized spacial score (nSPS) is 10.9. The first-order valence-corrected chi connectivity index (χ1v) is 8.30. The fourth-order valence-electron chi connectivity index (χ4n) is 2.16. The van der Waals surface area contributed by atoms with Gasteiger partial charge in [0.2, 0.25) is 0 Å². The summed E-state index contributed by atoms with van der Waals surface area (Å²) in [6, 6.07) is 17.1. The molecule has 0 unspecified atom stereocenters. The van der Waals surface area contributed by atoms with Gasteiger partial charge in [-0.2, -0.15) is 0 Å². The molecule has 0 spiro atoms. The topological polar surface area (TPSA) is 98.0 Å². The van der Waals surface area contributed by atoms with Crippen LogP contribution in [0.4, 0.5) is 0 Å². The van der Waals surface area contributed by atoms with Gasteiger partial charge in [0, 0.05) is 13.6 Å². The molecule has 1 amide bonds. The predicted octanol–water partition coefficient (Wildman–Crippen LogP) is 1.29. The van der Waals surface area contributed by atoms with E-state index in [-0.39, 0.29) is 6.61 Å². The third kappa shape index (κ3) is 7.12. The Morgan fingerprint density at radius 1 is 1.04 bits per heavy atom. The van der Waals surface area contributed by atoms with Crippen LogP contribution in [0.25, 0.3) is 0 Å². The average Bonchev–Trinajstić information content (AvgIpc) is 2.67. The molecule has 0 aliphatic heterocycles. The Morgan fingerprint density at radius 2 is 1.81 bits per heavy atom. The zero-order valence-electron chi connectivity index (χ0n) is 14.8. The number of carbonyl (C=O) groups is 1. The average molecular weight is 356 g/mol. The molecule has 0 atom stereocenters. The number of carbonyl (C=O) groups excluding carboxylic acids is 1. The highest BCUT2D eigenvalue weighted by Crippen LogP contribution is 2.13. The second kappa shape index (κ2) is 10.6. The van der Waals surface area contributed by atoms with Crippen molar-refractivity contribution in [2.24, 2.45) is 10.7 Å². The Morgan fingerprint density at radius 3 is 2.54 bits per heavy atom. The maximum absolute atomic E-state index is 10.8. The summed E-state index contributed by atoms with van der Waals surface area (Å²) < 4.78 is 10.9. The first kappa shape index (κ1) is 19.1. The minimum Gasteiger partial charge on any atom is -0.492 e. The molecule has 7 heteroatoms. The van der Waals surface area contributed by atoms with E-state index in [1.165, 1.54) is 0 Å². The largest absolute Gasteiger partial charge is 0.492 e. The van der Waals surface area contributed by atoms with E-state index in [9.17, 15) is 4.79 Å². The second-order valence-electron chi connectivity index (χ2n) is 5.42. The summed E-state index contributed by atoms with van der Waals surface area (Å²) in [6.07, 6.45) is 0. The van der Waals surface area contributed by atoms with Crippen LogP contribution in [0.3, 0.4) is 0 Å². The number of rotatable bonds is 9. The van der Waals surface area contributed by atoms with Gasteiger partial charge in [-0.15, -0.1) is 0 Å². The summed E-state index contributed by atoms with van der Waals surface area (Å²) in [4.78, 5) is 15.0. The molecule has 0 saturated heterocycles. The van der Waals surface area contributed by atoms with Gasteiger partial charge in [-0.05, 0) is 29.8 Å².